The lowest BCUT2D eigenvalue weighted by Crippen LogP contribution is -2.40. The van der Waals surface area contributed by atoms with Crippen molar-refractivity contribution >= 4 is 11.9 Å². The zero-order chi connectivity index (χ0) is 30.8. The normalized spacial score (nSPS) is 19.8. The van der Waals surface area contributed by atoms with Crippen molar-refractivity contribution in [3.8, 4) is 17.2 Å². The predicted octanol–water partition coefficient (Wildman–Crippen LogP) is 5.79. The van der Waals surface area contributed by atoms with E-state index in [-0.39, 0.29) is 31.2 Å². The maximum atomic E-state index is 13.9. The highest BCUT2D eigenvalue weighted by Gasteiger charge is 2.48. The van der Waals surface area contributed by atoms with Gasteiger partial charge in [0.05, 0.1) is 25.6 Å². The summed E-state index contributed by atoms with van der Waals surface area (Å²) in [5, 5.41) is 13.9. The fourth-order valence-electron chi connectivity index (χ4n) is 6.52. The van der Waals surface area contributed by atoms with Gasteiger partial charge in [0.25, 0.3) is 0 Å². The Morgan fingerprint density at radius 1 is 0.932 bits per heavy atom. The summed E-state index contributed by atoms with van der Waals surface area (Å²) >= 11 is 0. The van der Waals surface area contributed by atoms with Crippen LogP contribution in [0.2, 0.25) is 0 Å². The Hall–Kier alpha value is -4.82. The van der Waals surface area contributed by atoms with Crippen LogP contribution in [0.3, 0.4) is 0 Å². The third-order valence-electron chi connectivity index (χ3n) is 8.70. The number of rotatable bonds is 9. The van der Waals surface area contributed by atoms with E-state index in [2.05, 4.69) is 23.5 Å². The van der Waals surface area contributed by atoms with Gasteiger partial charge in [0.1, 0.15) is 5.75 Å². The Labute approximate surface area is 257 Å². The lowest BCUT2D eigenvalue weighted by molar-refractivity contribution is -0.143. The molecule has 6 rings (SSSR count). The first-order valence-electron chi connectivity index (χ1n) is 14.7. The number of carbonyl (C=O) groups excluding carboxylic acids is 1. The number of ether oxygens (including phenoxy) is 3. The average Bonchev–Trinajstić information content (AvgIpc) is 3.66. The molecule has 2 heterocycles. The lowest BCUT2D eigenvalue weighted by Gasteiger charge is -2.28. The number of carboxylic acids is 1. The van der Waals surface area contributed by atoms with E-state index in [4.69, 9.17) is 14.2 Å². The van der Waals surface area contributed by atoms with Crippen LogP contribution in [-0.4, -0.2) is 48.9 Å². The van der Waals surface area contributed by atoms with Gasteiger partial charge >= 0.3 is 5.97 Å². The van der Waals surface area contributed by atoms with Crippen LogP contribution in [0, 0.1) is 19.8 Å². The summed E-state index contributed by atoms with van der Waals surface area (Å²) in [5.74, 6) is -0.383. The summed E-state index contributed by atoms with van der Waals surface area (Å²) in [4.78, 5) is 28.9. The topological polar surface area (TPSA) is 97.3 Å². The molecular weight excluding hydrogens is 556 g/mol. The Balaban J connectivity index is 1.34. The van der Waals surface area contributed by atoms with E-state index in [0.29, 0.717) is 23.8 Å². The molecule has 1 saturated heterocycles. The van der Waals surface area contributed by atoms with Gasteiger partial charge in [0, 0.05) is 18.5 Å². The van der Waals surface area contributed by atoms with Crippen LogP contribution in [0.5, 0.6) is 17.2 Å². The van der Waals surface area contributed by atoms with E-state index in [1.807, 2.05) is 91.5 Å². The molecule has 0 bridgehead atoms. The van der Waals surface area contributed by atoms with Gasteiger partial charge in [-0.25, -0.2) is 0 Å². The van der Waals surface area contributed by atoms with Crippen LogP contribution in [0.15, 0.2) is 91.0 Å². The number of likely N-dealkylation sites (tertiary alicyclic amines) is 1. The maximum absolute atomic E-state index is 13.9. The van der Waals surface area contributed by atoms with Crippen LogP contribution in [0.1, 0.15) is 51.4 Å². The van der Waals surface area contributed by atoms with Crippen LogP contribution >= 0.6 is 0 Å². The summed E-state index contributed by atoms with van der Waals surface area (Å²) in [7, 11) is 1.59. The highest BCUT2D eigenvalue weighted by molar-refractivity contribution is 5.80. The number of fused-ring (bicyclic) bond motifs is 1. The third kappa shape index (κ3) is 5.85. The molecule has 4 aromatic rings. The average molecular weight is 593 g/mol. The molecular formula is C36H36N2O6. The number of hydrogen-bond donors (Lipinski definition) is 2. The summed E-state index contributed by atoms with van der Waals surface area (Å²) in [6.07, 6.45) is 0. The van der Waals surface area contributed by atoms with E-state index >= 15 is 0 Å². The molecule has 2 aliphatic heterocycles. The number of carboxylic acid groups (broad SMARTS) is 1. The smallest absolute Gasteiger partial charge is 0.309 e. The zero-order valence-corrected chi connectivity index (χ0v) is 25.0. The standard InChI is InChI=1S/C36H36N2O6/c1-22-9-10-23(2)28(17-22)34(24-7-5-4-6-8-24)37-32(39)20-38-19-29(26-13-16-30-31(18-26)44-21-43-30)33(36(40)41)35(38)25-11-14-27(42-3)15-12-25/h4-18,29,33-35H,19-21H2,1-3H3,(H,37,39)(H,40,41)/t29-,33-,34?,35+/m0/s1. The second-order valence-electron chi connectivity index (χ2n) is 11.5. The predicted molar refractivity (Wildman–Crippen MR) is 166 cm³/mol. The van der Waals surface area contributed by atoms with Crippen LogP contribution in [-0.2, 0) is 9.59 Å². The molecule has 0 aliphatic carbocycles. The molecule has 0 aromatic heterocycles. The Morgan fingerprint density at radius 3 is 2.39 bits per heavy atom. The number of amides is 1. The number of aryl methyl sites for hydroxylation is 2. The highest BCUT2D eigenvalue weighted by atomic mass is 16.7. The van der Waals surface area contributed by atoms with Gasteiger partial charge in [-0.15, -0.1) is 0 Å². The summed E-state index contributed by atoms with van der Waals surface area (Å²) in [6, 6.07) is 28.3. The van der Waals surface area contributed by atoms with Crippen molar-refractivity contribution in [2.75, 3.05) is 27.0 Å². The molecule has 1 unspecified atom stereocenters. The third-order valence-corrected chi connectivity index (χ3v) is 8.70. The van der Waals surface area contributed by atoms with Gasteiger partial charge in [-0.1, -0.05) is 72.3 Å². The minimum atomic E-state index is -0.922. The summed E-state index contributed by atoms with van der Waals surface area (Å²) in [5.41, 5.74) is 5.83. The zero-order valence-electron chi connectivity index (χ0n) is 25.0. The SMILES string of the molecule is COc1ccc([C@@H]2[C@@H](C(=O)O)[C@H](c3ccc4c(c3)OCO4)CN2CC(=O)NC(c2ccccc2)c2cc(C)ccc2C)cc1. The van der Waals surface area contributed by atoms with Gasteiger partial charge in [0.15, 0.2) is 11.5 Å². The molecule has 2 aliphatic rings. The van der Waals surface area contributed by atoms with Gasteiger partial charge < -0.3 is 24.6 Å². The Morgan fingerprint density at radius 2 is 1.66 bits per heavy atom. The number of hydrogen-bond acceptors (Lipinski definition) is 6. The van der Waals surface area contributed by atoms with Crippen molar-refractivity contribution in [3.63, 3.8) is 0 Å². The van der Waals surface area contributed by atoms with E-state index < -0.39 is 17.9 Å². The molecule has 0 spiro atoms. The van der Waals surface area contributed by atoms with Crippen molar-refractivity contribution in [2.24, 2.45) is 5.92 Å². The van der Waals surface area contributed by atoms with E-state index in [9.17, 15) is 14.7 Å². The second-order valence-corrected chi connectivity index (χ2v) is 11.5. The maximum Gasteiger partial charge on any atom is 0.309 e. The molecule has 0 saturated carbocycles. The van der Waals surface area contributed by atoms with Crippen molar-refractivity contribution < 1.29 is 28.9 Å². The molecule has 4 aromatic carbocycles. The molecule has 2 N–H and O–H groups in total. The fraction of sp³-hybridized carbons (Fsp3) is 0.278. The fourth-order valence-corrected chi connectivity index (χ4v) is 6.52. The number of benzene rings is 4. The monoisotopic (exact) mass is 592 g/mol. The molecule has 4 atom stereocenters. The van der Waals surface area contributed by atoms with Crippen LogP contribution < -0.4 is 19.5 Å². The van der Waals surface area contributed by atoms with Crippen molar-refractivity contribution in [1.82, 2.24) is 10.2 Å². The Kier molecular flexibility index (Phi) is 8.26. The molecule has 1 fully saturated rings. The van der Waals surface area contributed by atoms with E-state index in [1.54, 1.807) is 7.11 Å². The molecule has 1 amide bonds. The first kappa shape index (κ1) is 29.3. The van der Waals surface area contributed by atoms with Gasteiger partial charge in [0.2, 0.25) is 12.7 Å². The summed E-state index contributed by atoms with van der Waals surface area (Å²) in [6.45, 7) is 4.62. The number of nitrogens with one attached hydrogen (secondary N) is 1. The van der Waals surface area contributed by atoms with Crippen molar-refractivity contribution in [2.45, 2.75) is 31.8 Å². The minimum absolute atomic E-state index is 0.0235. The molecule has 8 heteroatoms. The quantitative estimate of drug-likeness (QED) is 0.254. The van der Waals surface area contributed by atoms with Gasteiger partial charge in [-0.2, -0.15) is 0 Å². The number of carbonyl (C=O) groups is 2. The molecule has 0 radical (unpaired) electrons. The largest absolute Gasteiger partial charge is 0.497 e. The lowest BCUT2D eigenvalue weighted by atomic mass is 9.82. The second kappa shape index (κ2) is 12.4. The van der Waals surface area contributed by atoms with Gasteiger partial charge in [-0.05, 0) is 65.9 Å². The number of nitrogens with zero attached hydrogens (tertiary/aromatic N) is 1. The first-order valence-corrected chi connectivity index (χ1v) is 14.7. The van der Waals surface area contributed by atoms with Crippen LogP contribution in [0.25, 0.3) is 0 Å². The molecule has 226 valence electrons. The van der Waals surface area contributed by atoms with E-state index in [1.165, 1.54) is 0 Å². The minimum Gasteiger partial charge on any atom is -0.497 e. The molecule has 8 nitrogen and oxygen atoms in total. The van der Waals surface area contributed by atoms with Crippen LogP contribution in [0.4, 0.5) is 0 Å². The van der Waals surface area contributed by atoms with Crippen molar-refractivity contribution in [3.05, 3.63) is 124 Å². The Bertz CT molecular complexity index is 1660. The summed E-state index contributed by atoms with van der Waals surface area (Å²) < 4.78 is 16.5. The van der Waals surface area contributed by atoms with E-state index in [0.717, 1.165) is 33.4 Å². The number of methoxy groups -OCH3 is 1. The first-order chi connectivity index (χ1) is 21.3. The highest BCUT2D eigenvalue weighted by Crippen LogP contribution is 2.47. The number of aliphatic carboxylic acids is 1. The molecule has 44 heavy (non-hydrogen) atoms. The van der Waals surface area contributed by atoms with Gasteiger partial charge in [-0.3, -0.25) is 14.5 Å². The van der Waals surface area contributed by atoms with Crippen molar-refractivity contribution in [1.29, 1.82) is 0 Å².